The lowest BCUT2D eigenvalue weighted by molar-refractivity contribution is -0.125. The van der Waals surface area contributed by atoms with Gasteiger partial charge < -0.3 is 4.90 Å². The van der Waals surface area contributed by atoms with Gasteiger partial charge >= 0.3 is 0 Å². The molecule has 2 aromatic carbocycles. The first-order chi connectivity index (χ1) is 11.2. The molecule has 0 radical (unpaired) electrons. The predicted octanol–water partition coefficient (Wildman–Crippen LogP) is 4.89. The van der Waals surface area contributed by atoms with E-state index in [0.29, 0.717) is 5.02 Å². The number of halogens is 1. The Morgan fingerprint density at radius 1 is 0.913 bits per heavy atom. The highest BCUT2D eigenvalue weighted by molar-refractivity contribution is 6.31. The number of piperidine rings is 1. The molecule has 1 aliphatic rings. The highest BCUT2D eigenvalue weighted by Gasteiger charge is 2.21. The molecule has 3 rings (SSSR count). The molecule has 2 nitrogen and oxygen atoms in total. The van der Waals surface area contributed by atoms with Crippen molar-refractivity contribution in [1.82, 2.24) is 4.90 Å². The molecular formula is C20H20ClNO. The maximum atomic E-state index is 13.0. The van der Waals surface area contributed by atoms with Gasteiger partial charge in [-0.1, -0.05) is 54.1 Å². The summed E-state index contributed by atoms with van der Waals surface area (Å²) in [6.07, 6.45) is 5.36. The van der Waals surface area contributed by atoms with Crippen molar-refractivity contribution in [1.29, 1.82) is 0 Å². The quantitative estimate of drug-likeness (QED) is 0.581. The van der Waals surface area contributed by atoms with Crippen LogP contribution in [0.3, 0.4) is 0 Å². The minimum Gasteiger partial charge on any atom is -0.339 e. The second-order valence-electron chi connectivity index (χ2n) is 5.83. The van der Waals surface area contributed by atoms with Crippen LogP contribution in [-0.4, -0.2) is 23.9 Å². The van der Waals surface area contributed by atoms with Crippen molar-refractivity contribution < 1.29 is 4.79 Å². The third-order valence-electron chi connectivity index (χ3n) is 4.14. The molecule has 0 N–H and O–H groups in total. The summed E-state index contributed by atoms with van der Waals surface area (Å²) in [7, 11) is 0. The summed E-state index contributed by atoms with van der Waals surface area (Å²) >= 11 is 5.99. The van der Waals surface area contributed by atoms with Gasteiger partial charge in [-0.25, -0.2) is 0 Å². The highest BCUT2D eigenvalue weighted by atomic mass is 35.5. The minimum absolute atomic E-state index is 0.107. The van der Waals surface area contributed by atoms with Gasteiger partial charge in [0.05, 0.1) is 0 Å². The van der Waals surface area contributed by atoms with Gasteiger partial charge in [0.15, 0.2) is 0 Å². The molecule has 1 aliphatic heterocycles. The lowest BCUT2D eigenvalue weighted by atomic mass is 10.00. The van der Waals surface area contributed by atoms with Crippen molar-refractivity contribution in [2.45, 2.75) is 19.3 Å². The van der Waals surface area contributed by atoms with E-state index >= 15 is 0 Å². The molecule has 3 heteroatoms. The molecule has 0 saturated carbocycles. The molecule has 0 aromatic heterocycles. The molecule has 0 bridgehead atoms. The maximum absolute atomic E-state index is 13.0. The van der Waals surface area contributed by atoms with Gasteiger partial charge in [-0.2, -0.15) is 0 Å². The highest BCUT2D eigenvalue weighted by Crippen LogP contribution is 2.24. The predicted molar refractivity (Wildman–Crippen MR) is 96.2 cm³/mol. The van der Waals surface area contributed by atoms with Crippen molar-refractivity contribution in [2.75, 3.05) is 13.1 Å². The zero-order valence-electron chi connectivity index (χ0n) is 13.0. The molecule has 0 aliphatic carbocycles. The molecular weight excluding hydrogens is 306 g/mol. The number of hydrogen-bond donors (Lipinski definition) is 0. The molecule has 0 atom stereocenters. The van der Waals surface area contributed by atoms with Crippen LogP contribution in [0, 0.1) is 0 Å². The van der Waals surface area contributed by atoms with Crippen molar-refractivity contribution >= 4 is 29.2 Å². The second-order valence-corrected chi connectivity index (χ2v) is 6.26. The third-order valence-corrected chi connectivity index (χ3v) is 4.39. The van der Waals surface area contributed by atoms with Crippen molar-refractivity contribution in [3.63, 3.8) is 0 Å². The standard InChI is InChI=1S/C20H20ClNO/c21-18-11-9-17(10-12-18)19(15-16-7-3-1-4-8-16)20(23)22-13-5-2-6-14-22/h1,3-4,7-12,15H,2,5-6,13-14H2. The summed E-state index contributed by atoms with van der Waals surface area (Å²) in [5, 5.41) is 0.679. The monoisotopic (exact) mass is 325 g/mol. The number of rotatable bonds is 3. The van der Waals surface area contributed by atoms with Gasteiger partial charge in [0.1, 0.15) is 0 Å². The van der Waals surface area contributed by atoms with E-state index in [1.807, 2.05) is 65.6 Å². The van der Waals surface area contributed by atoms with Gasteiger partial charge in [-0.3, -0.25) is 4.79 Å². The molecule has 23 heavy (non-hydrogen) atoms. The van der Waals surface area contributed by atoms with Gasteiger partial charge in [0.2, 0.25) is 0 Å². The number of carbonyl (C=O) groups is 1. The van der Waals surface area contributed by atoms with E-state index in [4.69, 9.17) is 11.6 Å². The molecule has 0 spiro atoms. The van der Waals surface area contributed by atoms with Crippen LogP contribution >= 0.6 is 11.6 Å². The summed E-state index contributed by atoms with van der Waals surface area (Å²) in [6.45, 7) is 1.69. The summed E-state index contributed by atoms with van der Waals surface area (Å²) in [6, 6.07) is 17.5. The van der Waals surface area contributed by atoms with Crippen LogP contribution in [0.5, 0.6) is 0 Å². The molecule has 1 heterocycles. The summed E-state index contributed by atoms with van der Waals surface area (Å²) < 4.78 is 0. The van der Waals surface area contributed by atoms with E-state index < -0.39 is 0 Å². The van der Waals surface area contributed by atoms with Crippen molar-refractivity contribution in [2.24, 2.45) is 0 Å². The van der Waals surface area contributed by atoms with E-state index in [9.17, 15) is 4.79 Å². The SMILES string of the molecule is O=C(C(=Cc1ccccc1)c1ccc(Cl)cc1)N1CCCCC1. The number of amides is 1. The summed E-state index contributed by atoms with van der Waals surface area (Å²) in [5.74, 6) is 0.107. The van der Waals surface area contributed by atoms with E-state index in [-0.39, 0.29) is 5.91 Å². The average Bonchev–Trinajstić information content (AvgIpc) is 2.62. The van der Waals surface area contributed by atoms with Gasteiger partial charge in [0.25, 0.3) is 5.91 Å². The second kappa shape index (κ2) is 7.47. The molecule has 2 aromatic rings. The Morgan fingerprint density at radius 3 is 2.22 bits per heavy atom. The molecule has 1 saturated heterocycles. The Balaban J connectivity index is 1.97. The maximum Gasteiger partial charge on any atom is 0.254 e. The Kier molecular flexibility index (Phi) is 5.14. The Morgan fingerprint density at radius 2 is 1.57 bits per heavy atom. The Hall–Kier alpha value is -2.06. The van der Waals surface area contributed by atoms with Crippen LogP contribution < -0.4 is 0 Å². The first-order valence-corrected chi connectivity index (χ1v) is 8.44. The number of nitrogens with zero attached hydrogens (tertiary/aromatic N) is 1. The van der Waals surface area contributed by atoms with E-state index in [1.54, 1.807) is 0 Å². The van der Waals surface area contributed by atoms with Crippen molar-refractivity contribution in [3.8, 4) is 0 Å². The fourth-order valence-corrected chi connectivity index (χ4v) is 3.01. The minimum atomic E-state index is 0.107. The van der Waals surface area contributed by atoms with Crippen LogP contribution in [0.1, 0.15) is 30.4 Å². The van der Waals surface area contributed by atoms with Gasteiger partial charge in [0, 0.05) is 23.7 Å². The van der Waals surface area contributed by atoms with Crippen molar-refractivity contribution in [3.05, 3.63) is 70.7 Å². The average molecular weight is 326 g/mol. The zero-order valence-corrected chi connectivity index (χ0v) is 13.8. The molecule has 118 valence electrons. The van der Waals surface area contributed by atoms with E-state index in [0.717, 1.165) is 42.6 Å². The topological polar surface area (TPSA) is 20.3 Å². The smallest absolute Gasteiger partial charge is 0.254 e. The Bertz CT molecular complexity index is 685. The lowest BCUT2D eigenvalue weighted by Gasteiger charge is -2.28. The Labute approximate surface area is 142 Å². The summed E-state index contributed by atoms with van der Waals surface area (Å²) in [5.41, 5.74) is 2.67. The number of likely N-dealkylation sites (tertiary alicyclic amines) is 1. The summed E-state index contributed by atoms with van der Waals surface area (Å²) in [4.78, 5) is 15.0. The molecule has 1 amide bonds. The van der Waals surface area contributed by atoms with Gasteiger partial charge in [-0.05, 0) is 48.6 Å². The first-order valence-electron chi connectivity index (χ1n) is 8.06. The number of hydrogen-bond acceptors (Lipinski definition) is 1. The third kappa shape index (κ3) is 4.02. The van der Waals surface area contributed by atoms with Crippen LogP contribution in [0.2, 0.25) is 5.02 Å². The lowest BCUT2D eigenvalue weighted by Crippen LogP contribution is -2.36. The number of carbonyl (C=O) groups excluding carboxylic acids is 1. The van der Waals surface area contributed by atoms with Crippen LogP contribution in [-0.2, 0) is 4.79 Å². The van der Waals surface area contributed by atoms with Gasteiger partial charge in [-0.15, -0.1) is 0 Å². The van der Waals surface area contributed by atoms with E-state index in [2.05, 4.69) is 0 Å². The molecule has 0 unspecified atom stereocenters. The fraction of sp³-hybridized carbons (Fsp3) is 0.250. The van der Waals surface area contributed by atoms with E-state index in [1.165, 1.54) is 6.42 Å². The van der Waals surface area contributed by atoms with Crippen LogP contribution in [0.4, 0.5) is 0 Å². The largest absolute Gasteiger partial charge is 0.339 e. The first kappa shape index (κ1) is 15.8. The number of benzene rings is 2. The zero-order chi connectivity index (χ0) is 16.1. The normalized spacial score (nSPS) is 15.5. The molecule has 1 fully saturated rings. The fourth-order valence-electron chi connectivity index (χ4n) is 2.88. The van der Waals surface area contributed by atoms with Crippen LogP contribution in [0.25, 0.3) is 11.6 Å². The van der Waals surface area contributed by atoms with Crippen LogP contribution in [0.15, 0.2) is 54.6 Å².